The molecule has 4 aliphatic carbocycles. The smallest absolute Gasteiger partial charge is 0.341 e. The van der Waals surface area contributed by atoms with Gasteiger partial charge >= 0.3 is 5.97 Å². The minimum absolute atomic E-state index is 0.0917. The summed E-state index contributed by atoms with van der Waals surface area (Å²) in [6.45, 7) is 0.163. The Bertz CT molecular complexity index is 1280. The number of benzene rings is 2. The average molecular weight is 511 g/mol. The van der Waals surface area contributed by atoms with Crippen LogP contribution in [0.3, 0.4) is 0 Å². The van der Waals surface area contributed by atoms with Gasteiger partial charge in [0.15, 0.2) is 0 Å². The van der Waals surface area contributed by atoms with Gasteiger partial charge < -0.3 is 20.7 Å². The van der Waals surface area contributed by atoms with E-state index in [-0.39, 0.29) is 12.5 Å². The van der Waals surface area contributed by atoms with Crippen LogP contribution in [0.2, 0.25) is 0 Å². The zero-order chi connectivity index (χ0) is 26.1. The van der Waals surface area contributed by atoms with E-state index in [0.29, 0.717) is 16.8 Å². The van der Waals surface area contributed by atoms with Crippen molar-refractivity contribution in [2.45, 2.75) is 43.9 Å². The molecular weight excluding hydrogens is 476 g/mol. The van der Waals surface area contributed by atoms with E-state index in [4.69, 9.17) is 4.74 Å². The van der Waals surface area contributed by atoms with Crippen LogP contribution in [0, 0.1) is 17.8 Å². The molecule has 7 heteroatoms. The molecule has 0 radical (unpaired) electrons. The number of anilines is 4. The summed E-state index contributed by atoms with van der Waals surface area (Å²) in [7, 11) is 1.34. The van der Waals surface area contributed by atoms with Crippen molar-refractivity contribution in [2.75, 3.05) is 29.6 Å². The number of carbonyl (C=O) groups is 2. The van der Waals surface area contributed by atoms with E-state index in [9.17, 15) is 9.59 Å². The van der Waals surface area contributed by atoms with Gasteiger partial charge in [-0.2, -0.15) is 0 Å². The Hall–Kier alpha value is -3.87. The van der Waals surface area contributed by atoms with Crippen molar-refractivity contribution in [3.05, 3.63) is 78.0 Å². The van der Waals surface area contributed by atoms with E-state index in [1.54, 1.807) is 18.3 Å². The molecule has 2 aromatic carbocycles. The van der Waals surface area contributed by atoms with E-state index in [0.717, 1.165) is 34.8 Å². The van der Waals surface area contributed by atoms with Crippen LogP contribution >= 0.6 is 0 Å². The Morgan fingerprint density at radius 2 is 1.47 bits per heavy atom. The molecule has 7 rings (SSSR count). The third kappa shape index (κ3) is 4.97. The number of nitrogens with zero attached hydrogens (tertiary/aromatic N) is 1. The SMILES string of the molecule is COC(=O)c1cccnc1Nc1ccc(NCC(=O)Nc2ccc(C34CC5CC(CC(C5)C3)C4)cc2)cc1. The van der Waals surface area contributed by atoms with Gasteiger partial charge in [0.2, 0.25) is 5.91 Å². The minimum Gasteiger partial charge on any atom is -0.465 e. The first kappa shape index (κ1) is 24.5. The normalized spacial score (nSPS) is 25.0. The standard InChI is InChI=1S/C31H34N4O3/c1-38-30(37)27-3-2-12-32-29(27)35-26-10-8-24(9-11-26)33-19-28(36)34-25-6-4-23(5-7-25)31-16-20-13-21(17-31)15-22(14-20)18-31/h2-12,20-22,33H,13-19H2,1H3,(H,32,35)(H,34,36). The summed E-state index contributed by atoms with van der Waals surface area (Å²) in [5.74, 6) is 2.64. The van der Waals surface area contributed by atoms with Crippen LogP contribution in [0.15, 0.2) is 66.9 Å². The number of hydrogen-bond donors (Lipinski definition) is 3. The predicted molar refractivity (Wildman–Crippen MR) is 149 cm³/mol. The molecule has 1 heterocycles. The van der Waals surface area contributed by atoms with Crippen LogP contribution in [0.5, 0.6) is 0 Å². The zero-order valence-corrected chi connectivity index (χ0v) is 21.7. The summed E-state index contributed by atoms with van der Waals surface area (Å²) in [5.41, 5.74) is 4.62. The molecule has 1 aromatic heterocycles. The lowest BCUT2D eigenvalue weighted by atomic mass is 9.48. The molecule has 196 valence electrons. The van der Waals surface area contributed by atoms with Gasteiger partial charge in [0.05, 0.1) is 13.7 Å². The third-order valence-corrected chi connectivity index (χ3v) is 8.63. The van der Waals surface area contributed by atoms with Crippen LogP contribution < -0.4 is 16.0 Å². The van der Waals surface area contributed by atoms with Crippen molar-refractivity contribution < 1.29 is 14.3 Å². The Balaban J connectivity index is 1.02. The molecule has 1 amide bonds. The quantitative estimate of drug-likeness (QED) is 0.316. The summed E-state index contributed by atoms with van der Waals surface area (Å²) in [4.78, 5) is 28.8. The van der Waals surface area contributed by atoms with Gasteiger partial charge in [0.1, 0.15) is 11.4 Å². The third-order valence-electron chi connectivity index (χ3n) is 8.63. The van der Waals surface area contributed by atoms with Gasteiger partial charge in [0, 0.05) is 23.3 Å². The lowest BCUT2D eigenvalue weighted by molar-refractivity contribution is -0.114. The summed E-state index contributed by atoms with van der Waals surface area (Å²) in [6.07, 6.45) is 9.98. The van der Waals surface area contributed by atoms with Crippen LogP contribution in [0.4, 0.5) is 22.9 Å². The largest absolute Gasteiger partial charge is 0.465 e. The molecule has 4 fully saturated rings. The zero-order valence-electron chi connectivity index (χ0n) is 21.7. The fourth-order valence-electron chi connectivity index (χ4n) is 7.35. The number of ether oxygens (including phenoxy) is 1. The molecule has 4 bridgehead atoms. The number of aromatic nitrogens is 1. The summed E-state index contributed by atoms with van der Waals surface area (Å²) in [5, 5.41) is 9.32. The molecule has 4 aliphatic rings. The Kier molecular flexibility index (Phi) is 6.52. The molecular formula is C31H34N4O3. The summed E-state index contributed by atoms with van der Waals surface area (Å²) >= 11 is 0. The molecule has 0 spiro atoms. The van der Waals surface area contributed by atoms with Crippen molar-refractivity contribution in [1.29, 1.82) is 0 Å². The maximum absolute atomic E-state index is 12.6. The van der Waals surface area contributed by atoms with E-state index in [2.05, 4.69) is 45.2 Å². The first-order valence-electron chi connectivity index (χ1n) is 13.5. The fourth-order valence-corrected chi connectivity index (χ4v) is 7.35. The van der Waals surface area contributed by atoms with Gasteiger partial charge in [-0.1, -0.05) is 12.1 Å². The van der Waals surface area contributed by atoms with Crippen LogP contribution in [-0.4, -0.2) is 30.5 Å². The molecule has 0 saturated heterocycles. The number of pyridine rings is 1. The molecule has 3 aromatic rings. The number of nitrogens with one attached hydrogen (secondary N) is 3. The average Bonchev–Trinajstić information content (AvgIpc) is 2.92. The number of methoxy groups -OCH3 is 1. The number of esters is 1. The predicted octanol–water partition coefficient (Wildman–Crippen LogP) is 6.13. The fraction of sp³-hybridized carbons (Fsp3) is 0.387. The van der Waals surface area contributed by atoms with Gasteiger partial charge in [-0.05, 0) is 116 Å². The Labute approximate surface area is 223 Å². The second-order valence-electron chi connectivity index (χ2n) is 11.3. The highest BCUT2D eigenvalue weighted by Gasteiger charge is 2.51. The van der Waals surface area contributed by atoms with Gasteiger partial charge in [-0.25, -0.2) is 9.78 Å². The van der Waals surface area contributed by atoms with Gasteiger partial charge in [-0.3, -0.25) is 4.79 Å². The number of hydrogen-bond acceptors (Lipinski definition) is 6. The highest BCUT2D eigenvalue weighted by atomic mass is 16.5. The number of carbonyl (C=O) groups excluding carboxylic acids is 2. The van der Waals surface area contributed by atoms with E-state index in [1.807, 2.05) is 24.3 Å². The second-order valence-corrected chi connectivity index (χ2v) is 11.3. The maximum atomic E-state index is 12.6. The number of rotatable bonds is 8. The van der Waals surface area contributed by atoms with Crippen molar-refractivity contribution in [3.8, 4) is 0 Å². The molecule has 4 saturated carbocycles. The first-order valence-corrected chi connectivity index (χ1v) is 13.5. The molecule has 0 unspecified atom stereocenters. The number of amides is 1. The second kappa shape index (κ2) is 10.1. The lowest BCUT2D eigenvalue weighted by Crippen LogP contribution is -2.48. The monoisotopic (exact) mass is 510 g/mol. The summed E-state index contributed by atoms with van der Waals surface area (Å²) in [6, 6.07) is 19.4. The van der Waals surface area contributed by atoms with Crippen LogP contribution in [-0.2, 0) is 14.9 Å². The molecule has 7 nitrogen and oxygen atoms in total. The molecule has 3 N–H and O–H groups in total. The van der Waals surface area contributed by atoms with E-state index < -0.39 is 5.97 Å². The van der Waals surface area contributed by atoms with E-state index in [1.165, 1.54) is 51.2 Å². The van der Waals surface area contributed by atoms with Crippen molar-refractivity contribution in [2.24, 2.45) is 17.8 Å². The van der Waals surface area contributed by atoms with Crippen molar-refractivity contribution in [1.82, 2.24) is 4.98 Å². The van der Waals surface area contributed by atoms with Crippen molar-refractivity contribution in [3.63, 3.8) is 0 Å². The lowest BCUT2D eigenvalue weighted by Gasteiger charge is -2.57. The molecule has 38 heavy (non-hydrogen) atoms. The van der Waals surface area contributed by atoms with Gasteiger partial charge in [0.25, 0.3) is 0 Å². The Morgan fingerprint density at radius 3 is 2.11 bits per heavy atom. The maximum Gasteiger partial charge on any atom is 0.341 e. The topological polar surface area (TPSA) is 92.3 Å². The minimum atomic E-state index is -0.452. The van der Waals surface area contributed by atoms with Gasteiger partial charge in [-0.15, -0.1) is 0 Å². The van der Waals surface area contributed by atoms with Crippen LogP contribution in [0.1, 0.15) is 54.4 Å². The first-order chi connectivity index (χ1) is 18.5. The highest BCUT2D eigenvalue weighted by molar-refractivity contribution is 5.95. The van der Waals surface area contributed by atoms with Crippen molar-refractivity contribution >= 4 is 34.8 Å². The van der Waals surface area contributed by atoms with Crippen LogP contribution in [0.25, 0.3) is 0 Å². The molecule has 0 atom stereocenters. The Morgan fingerprint density at radius 1 is 0.868 bits per heavy atom. The van der Waals surface area contributed by atoms with E-state index >= 15 is 0 Å². The highest BCUT2D eigenvalue weighted by Crippen LogP contribution is 2.60. The molecule has 0 aliphatic heterocycles. The summed E-state index contributed by atoms with van der Waals surface area (Å²) < 4.78 is 4.82.